The van der Waals surface area contributed by atoms with Crippen LogP contribution < -0.4 is 5.32 Å². The molecule has 0 bridgehead atoms. The zero-order valence-corrected chi connectivity index (χ0v) is 11.4. The SMILES string of the molecule is CCOC(=O)c1ccc(Cl)nc1Nc1cccc(F)c1. The molecule has 2 rings (SSSR count). The van der Waals surface area contributed by atoms with E-state index in [9.17, 15) is 9.18 Å². The Morgan fingerprint density at radius 2 is 2.20 bits per heavy atom. The van der Waals surface area contributed by atoms with Crippen LogP contribution in [0.15, 0.2) is 36.4 Å². The fraction of sp³-hybridized carbons (Fsp3) is 0.143. The number of pyridine rings is 1. The highest BCUT2D eigenvalue weighted by molar-refractivity contribution is 6.29. The molecule has 0 saturated heterocycles. The quantitative estimate of drug-likeness (QED) is 0.688. The van der Waals surface area contributed by atoms with Crippen molar-refractivity contribution in [3.05, 3.63) is 52.9 Å². The number of rotatable bonds is 4. The number of nitrogens with one attached hydrogen (secondary N) is 1. The van der Waals surface area contributed by atoms with Crippen molar-refractivity contribution < 1.29 is 13.9 Å². The lowest BCUT2D eigenvalue weighted by molar-refractivity contribution is 0.0527. The Morgan fingerprint density at radius 3 is 2.90 bits per heavy atom. The van der Waals surface area contributed by atoms with E-state index in [2.05, 4.69) is 10.3 Å². The topological polar surface area (TPSA) is 51.2 Å². The first-order valence-electron chi connectivity index (χ1n) is 5.96. The Hall–Kier alpha value is -2.14. The van der Waals surface area contributed by atoms with Gasteiger partial charge in [0.15, 0.2) is 0 Å². The van der Waals surface area contributed by atoms with E-state index in [1.54, 1.807) is 19.1 Å². The van der Waals surface area contributed by atoms with E-state index in [0.717, 1.165) is 0 Å². The molecule has 0 atom stereocenters. The summed E-state index contributed by atoms with van der Waals surface area (Å²) in [5, 5.41) is 3.08. The molecule has 1 aromatic carbocycles. The van der Waals surface area contributed by atoms with E-state index in [4.69, 9.17) is 16.3 Å². The largest absolute Gasteiger partial charge is 0.462 e. The van der Waals surface area contributed by atoms with Gasteiger partial charge in [-0.05, 0) is 37.3 Å². The molecule has 4 nitrogen and oxygen atoms in total. The molecule has 104 valence electrons. The van der Waals surface area contributed by atoms with Crippen LogP contribution in [0, 0.1) is 5.82 Å². The van der Waals surface area contributed by atoms with Gasteiger partial charge in [-0.15, -0.1) is 0 Å². The molecule has 1 N–H and O–H groups in total. The Morgan fingerprint density at radius 1 is 1.40 bits per heavy atom. The van der Waals surface area contributed by atoms with E-state index < -0.39 is 11.8 Å². The summed E-state index contributed by atoms with van der Waals surface area (Å²) in [6.45, 7) is 1.96. The number of esters is 1. The molecule has 0 fully saturated rings. The maximum Gasteiger partial charge on any atom is 0.341 e. The molecule has 0 aliphatic rings. The summed E-state index contributed by atoms with van der Waals surface area (Å²) in [4.78, 5) is 15.8. The molecule has 0 saturated carbocycles. The monoisotopic (exact) mass is 294 g/mol. The number of anilines is 2. The molecule has 0 spiro atoms. The first kappa shape index (κ1) is 14.3. The summed E-state index contributed by atoms with van der Waals surface area (Å²) in [7, 11) is 0. The zero-order valence-electron chi connectivity index (χ0n) is 10.7. The molecule has 20 heavy (non-hydrogen) atoms. The van der Waals surface area contributed by atoms with Crippen LogP contribution in [0.5, 0.6) is 0 Å². The van der Waals surface area contributed by atoms with E-state index in [1.165, 1.54) is 24.3 Å². The van der Waals surface area contributed by atoms with Gasteiger partial charge in [0.05, 0.1) is 6.61 Å². The van der Waals surface area contributed by atoms with Crippen molar-refractivity contribution >= 4 is 29.1 Å². The molecule has 1 aromatic heterocycles. The van der Waals surface area contributed by atoms with Gasteiger partial charge in [-0.3, -0.25) is 0 Å². The molecule has 0 aliphatic carbocycles. The lowest BCUT2D eigenvalue weighted by Crippen LogP contribution is -2.09. The lowest BCUT2D eigenvalue weighted by atomic mass is 10.2. The van der Waals surface area contributed by atoms with Crippen molar-refractivity contribution in [2.75, 3.05) is 11.9 Å². The molecule has 0 radical (unpaired) electrons. The van der Waals surface area contributed by atoms with Gasteiger partial charge < -0.3 is 10.1 Å². The van der Waals surface area contributed by atoms with Crippen LogP contribution in [0.2, 0.25) is 5.15 Å². The summed E-state index contributed by atoms with van der Waals surface area (Å²) in [6, 6.07) is 8.81. The smallest absolute Gasteiger partial charge is 0.341 e. The van der Waals surface area contributed by atoms with Crippen LogP contribution in [-0.2, 0) is 4.74 Å². The number of nitrogens with zero attached hydrogens (tertiary/aromatic N) is 1. The van der Waals surface area contributed by atoms with Crippen molar-refractivity contribution in [3.8, 4) is 0 Å². The van der Waals surface area contributed by atoms with Crippen LogP contribution in [0.4, 0.5) is 15.9 Å². The lowest BCUT2D eigenvalue weighted by Gasteiger charge is -2.10. The first-order valence-corrected chi connectivity index (χ1v) is 6.34. The van der Waals surface area contributed by atoms with E-state index in [1.807, 2.05) is 0 Å². The molecule has 1 heterocycles. The van der Waals surface area contributed by atoms with Crippen LogP contribution >= 0.6 is 11.6 Å². The van der Waals surface area contributed by atoms with Gasteiger partial charge in [0.2, 0.25) is 0 Å². The summed E-state index contributed by atoms with van der Waals surface area (Å²) < 4.78 is 18.1. The van der Waals surface area contributed by atoms with Gasteiger partial charge in [-0.2, -0.15) is 0 Å². The second kappa shape index (κ2) is 6.34. The molecule has 0 amide bonds. The number of hydrogen-bond acceptors (Lipinski definition) is 4. The van der Waals surface area contributed by atoms with Gasteiger partial charge in [0.25, 0.3) is 0 Å². The molecule has 6 heteroatoms. The highest BCUT2D eigenvalue weighted by Crippen LogP contribution is 2.22. The summed E-state index contributed by atoms with van der Waals surface area (Å²) in [5.41, 5.74) is 0.700. The van der Waals surface area contributed by atoms with Crippen LogP contribution in [0.3, 0.4) is 0 Å². The minimum Gasteiger partial charge on any atom is -0.462 e. The maximum atomic E-state index is 13.2. The van der Waals surface area contributed by atoms with Crippen LogP contribution in [0.1, 0.15) is 17.3 Å². The Balaban J connectivity index is 2.34. The second-order valence-electron chi connectivity index (χ2n) is 3.89. The number of benzene rings is 1. The predicted molar refractivity (Wildman–Crippen MR) is 74.9 cm³/mol. The summed E-state index contributed by atoms with van der Waals surface area (Å²) in [5.74, 6) is -0.688. The standard InChI is InChI=1S/C14H12ClFN2O2/c1-2-20-14(19)11-6-7-12(15)18-13(11)17-10-5-3-4-9(16)8-10/h3-8H,2H2,1H3,(H,17,18). The molecule has 0 unspecified atom stereocenters. The zero-order chi connectivity index (χ0) is 14.5. The number of carbonyl (C=O) groups is 1. The van der Waals surface area contributed by atoms with Crippen molar-refractivity contribution in [3.63, 3.8) is 0 Å². The normalized spacial score (nSPS) is 10.2. The van der Waals surface area contributed by atoms with Gasteiger partial charge in [0, 0.05) is 5.69 Å². The van der Waals surface area contributed by atoms with Gasteiger partial charge >= 0.3 is 5.97 Å². The van der Waals surface area contributed by atoms with E-state index in [-0.39, 0.29) is 23.1 Å². The van der Waals surface area contributed by atoms with Crippen LogP contribution in [0.25, 0.3) is 0 Å². The van der Waals surface area contributed by atoms with Crippen molar-refractivity contribution in [2.24, 2.45) is 0 Å². The average Bonchev–Trinajstić information content (AvgIpc) is 2.39. The number of ether oxygens (including phenoxy) is 1. The highest BCUT2D eigenvalue weighted by Gasteiger charge is 2.14. The van der Waals surface area contributed by atoms with Crippen molar-refractivity contribution in [2.45, 2.75) is 6.92 Å². The Kier molecular flexibility index (Phi) is 4.53. The fourth-order valence-corrected chi connectivity index (χ4v) is 1.75. The van der Waals surface area contributed by atoms with Crippen LogP contribution in [-0.4, -0.2) is 17.6 Å². The summed E-state index contributed by atoms with van der Waals surface area (Å²) in [6.07, 6.45) is 0. The summed E-state index contributed by atoms with van der Waals surface area (Å²) >= 11 is 5.82. The highest BCUT2D eigenvalue weighted by atomic mass is 35.5. The average molecular weight is 295 g/mol. The number of carbonyl (C=O) groups excluding carboxylic acids is 1. The number of hydrogen-bond donors (Lipinski definition) is 1. The first-order chi connectivity index (χ1) is 9.60. The minimum atomic E-state index is -0.518. The molecular weight excluding hydrogens is 283 g/mol. The Bertz CT molecular complexity index is 634. The van der Waals surface area contributed by atoms with E-state index in [0.29, 0.717) is 5.69 Å². The Labute approximate surface area is 120 Å². The van der Waals surface area contributed by atoms with Gasteiger partial charge in [-0.25, -0.2) is 14.2 Å². The third-order valence-electron chi connectivity index (χ3n) is 2.44. The van der Waals surface area contributed by atoms with Gasteiger partial charge in [-0.1, -0.05) is 17.7 Å². The number of halogens is 2. The third-order valence-corrected chi connectivity index (χ3v) is 2.65. The molecule has 0 aliphatic heterocycles. The third kappa shape index (κ3) is 3.45. The minimum absolute atomic E-state index is 0.219. The van der Waals surface area contributed by atoms with Crippen molar-refractivity contribution in [1.29, 1.82) is 0 Å². The molecular formula is C14H12ClFN2O2. The maximum absolute atomic E-state index is 13.2. The van der Waals surface area contributed by atoms with Crippen molar-refractivity contribution in [1.82, 2.24) is 4.98 Å². The molecule has 2 aromatic rings. The van der Waals surface area contributed by atoms with E-state index >= 15 is 0 Å². The predicted octanol–water partition coefficient (Wildman–Crippen LogP) is 3.79. The van der Waals surface area contributed by atoms with Gasteiger partial charge in [0.1, 0.15) is 22.4 Å². The fourth-order valence-electron chi connectivity index (χ4n) is 1.61. The second-order valence-corrected chi connectivity index (χ2v) is 4.27. The number of aromatic nitrogens is 1.